The lowest BCUT2D eigenvalue weighted by Crippen LogP contribution is -2.33. The van der Waals surface area contributed by atoms with Crippen LogP contribution in [0, 0.1) is 0 Å². The molecule has 2 saturated heterocycles. The number of rotatable bonds is 4. The molecular formula is C16H19N3O2S. The van der Waals surface area contributed by atoms with Gasteiger partial charge in [0, 0.05) is 31.4 Å². The van der Waals surface area contributed by atoms with Crippen molar-refractivity contribution in [3.05, 3.63) is 41.4 Å². The van der Waals surface area contributed by atoms with Crippen LogP contribution in [0.3, 0.4) is 0 Å². The van der Waals surface area contributed by atoms with Crippen LogP contribution < -0.4 is 4.74 Å². The molecule has 0 amide bonds. The fourth-order valence-electron chi connectivity index (χ4n) is 3.40. The standard InChI is InChI=1S/C16H19N3O2S/c1-2-4-14(5-3-1)21-15-8-16(20-10-15)6-7-19(12-16)9-13-11-22-18-17-13/h1-5,11,15H,6-10,12H2/t15-,16-/m0/s1. The van der Waals surface area contributed by atoms with Gasteiger partial charge < -0.3 is 9.47 Å². The van der Waals surface area contributed by atoms with E-state index in [1.54, 1.807) is 0 Å². The summed E-state index contributed by atoms with van der Waals surface area (Å²) in [4.78, 5) is 2.40. The highest BCUT2D eigenvalue weighted by Gasteiger charge is 2.46. The first kappa shape index (κ1) is 14.1. The first-order valence-corrected chi connectivity index (χ1v) is 8.49. The molecule has 2 fully saturated rings. The Morgan fingerprint density at radius 3 is 3.09 bits per heavy atom. The molecule has 116 valence electrons. The van der Waals surface area contributed by atoms with E-state index in [2.05, 4.69) is 14.5 Å². The third-order valence-electron chi connectivity index (χ3n) is 4.41. The number of likely N-dealkylation sites (tertiary alicyclic amines) is 1. The molecule has 4 rings (SSSR count). The Kier molecular flexibility index (Phi) is 3.82. The highest BCUT2D eigenvalue weighted by molar-refractivity contribution is 7.03. The molecule has 22 heavy (non-hydrogen) atoms. The zero-order valence-corrected chi connectivity index (χ0v) is 13.2. The third-order valence-corrected chi connectivity index (χ3v) is 4.96. The summed E-state index contributed by atoms with van der Waals surface area (Å²) in [5, 5.41) is 6.14. The van der Waals surface area contributed by atoms with Crippen molar-refractivity contribution < 1.29 is 9.47 Å². The monoisotopic (exact) mass is 317 g/mol. The molecule has 1 spiro atoms. The van der Waals surface area contributed by atoms with Gasteiger partial charge in [0.25, 0.3) is 0 Å². The Morgan fingerprint density at radius 2 is 2.27 bits per heavy atom. The van der Waals surface area contributed by atoms with E-state index in [4.69, 9.17) is 9.47 Å². The number of ether oxygens (including phenoxy) is 2. The number of hydrogen-bond acceptors (Lipinski definition) is 6. The number of nitrogens with zero attached hydrogens (tertiary/aromatic N) is 3. The van der Waals surface area contributed by atoms with E-state index >= 15 is 0 Å². The second-order valence-corrected chi connectivity index (χ2v) is 6.72. The van der Waals surface area contributed by atoms with E-state index < -0.39 is 0 Å². The summed E-state index contributed by atoms with van der Waals surface area (Å²) in [6.07, 6.45) is 2.19. The summed E-state index contributed by atoms with van der Waals surface area (Å²) in [7, 11) is 0. The summed E-state index contributed by atoms with van der Waals surface area (Å²) < 4.78 is 16.1. The van der Waals surface area contributed by atoms with Gasteiger partial charge >= 0.3 is 0 Å². The molecule has 1 aromatic heterocycles. The summed E-state index contributed by atoms with van der Waals surface area (Å²) in [6.45, 7) is 3.56. The first-order valence-electron chi connectivity index (χ1n) is 7.65. The Balaban J connectivity index is 1.34. The fourth-order valence-corrected chi connectivity index (χ4v) is 3.84. The lowest BCUT2D eigenvalue weighted by molar-refractivity contribution is 0.00927. The maximum atomic E-state index is 6.14. The van der Waals surface area contributed by atoms with Gasteiger partial charge in [0.1, 0.15) is 11.9 Å². The molecule has 0 unspecified atom stereocenters. The van der Waals surface area contributed by atoms with Crippen molar-refractivity contribution in [1.29, 1.82) is 0 Å². The van der Waals surface area contributed by atoms with E-state index in [0.717, 1.165) is 43.9 Å². The van der Waals surface area contributed by atoms with E-state index in [9.17, 15) is 0 Å². The molecule has 0 bridgehead atoms. The molecule has 0 saturated carbocycles. The van der Waals surface area contributed by atoms with Crippen molar-refractivity contribution >= 4 is 11.5 Å². The van der Waals surface area contributed by atoms with Gasteiger partial charge in [0.05, 0.1) is 17.9 Å². The summed E-state index contributed by atoms with van der Waals surface area (Å²) >= 11 is 1.41. The summed E-state index contributed by atoms with van der Waals surface area (Å²) in [5.74, 6) is 0.927. The number of benzene rings is 1. The third kappa shape index (κ3) is 2.99. The molecule has 6 heteroatoms. The smallest absolute Gasteiger partial charge is 0.125 e. The summed E-state index contributed by atoms with van der Waals surface area (Å²) in [6, 6.07) is 10.0. The SMILES string of the molecule is c1ccc(O[C@@H]2CO[C@@]3(CCN(Cc4csnn4)C3)C2)cc1. The molecule has 0 radical (unpaired) electrons. The van der Waals surface area contributed by atoms with Gasteiger partial charge in [-0.3, -0.25) is 4.90 Å². The second kappa shape index (κ2) is 5.95. The minimum absolute atomic E-state index is 0.0388. The minimum Gasteiger partial charge on any atom is -0.488 e. The van der Waals surface area contributed by atoms with Crippen LogP contribution in [-0.4, -0.2) is 45.9 Å². The van der Waals surface area contributed by atoms with Crippen LogP contribution in [0.15, 0.2) is 35.7 Å². The van der Waals surface area contributed by atoms with E-state index in [1.165, 1.54) is 11.5 Å². The van der Waals surface area contributed by atoms with Crippen molar-refractivity contribution in [3.8, 4) is 5.75 Å². The Morgan fingerprint density at radius 1 is 1.36 bits per heavy atom. The van der Waals surface area contributed by atoms with Crippen LogP contribution in [0.1, 0.15) is 18.5 Å². The van der Waals surface area contributed by atoms with Gasteiger partial charge in [-0.2, -0.15) is 0 Å². The van der Waals surface area contributed by atoms with Gasteiger partial charge in [-0.15, -0.1) is 5.10 Å². The molecule has 0 N–H and O–H groups in total. The predicted octanol–water partition coefficient (Wildman–Crippen LogP) is 2.35. The van der Waals surface area contributed by atoms with Crippen LogP contribution in [0.4, 0.5) is 0 Å². The van der Waals surface area contributed by atoms with Gasteiger partial charge in [0.15, 0.2) is 0 Å². The molecule has 2 atom stereocenters. The topological polar surface area (TPSA) is 47.5 Å². The molecule has 3 heterocycles. The molecule has 2 aliphatic rings. The maximum absolute atomic E-state index is 6.14. The van der Waals surface area contributed by atoms with Crippen molar-refractivity contribution in [2.24, 2.45) is 0 Å². The normalized spacial score (nSPS) is 28.5. The van der Waals surface area contributed by atoms with Gasteiger partial charge in [-0.1, -0.05) is 22.7 Å². The van der Waals surface area contributed by atoms with Crippen molar-refractivity contribution in [1.82, 2.24) is 14.5 Å². The Labute approximate surface area is 134 Å². The molecule has 2 aromatic rings. The number of aromatic nitrogens is 2. The van der Waals surface area contributed by atoms with Crippen LogP contribution >= 0.6 is 11.5 Å². The molecule has 2 aliphatic heterocycles. The zero-order chi connectivity index (χ0) is 14.8. The van der Waals surface area contributed by atoms with Gasteiger partial charge in [0.2, 0.25) is 0 Å². The lowest BCUT2D eigenvalue weighted by atomic mass is 9.98. The number of para-hydroxylation sites is 1. The van der Waals surface area contributed by atoms with E-state index in [-0.39, 0.29) is 11.7 Å². The van der Waals surface area contributed by atoms with Gasteiger partial charge in [-0.25, -0.2) is 0 Å². The average Bonchev–Trinajstić information content (AvgIpc) is 3.25. The van der Waals surface area contributed by atoms with Crippen molar-refractivity contribution in [2.75, 3.05) is 19.7 Å². The lowest BCUT2D eigenvalue weighted by Gasteiger charge is -2.23. The largest absolute Gasteiger partial charge is 0.488 e. The van der Waals surface area contributed by atoms with E-state index in [1.807, 2.05) is 35.7 Å². The highest BCUT2D eigenvalue weighted by atomic mass is 32.1. The first-order chi connectivity index (χ1) is 10.8. The molecule has 0 aliphatic carbocycles. The van der Waals surface area contributed by atoms with Crippen LogP contribution in [0.25, 0.3) is 0 Å². The quantitative estimate of drug-likeness (QED) is 0.866. The average molecular weight is 317 g/mol. The fraction of sp³-hybridized carbons (Fsp3) is 0.500. The molecule has 5 nitrogen and oxygen atoms in total. The maximum Gasteiger partial charge on any atom is 0.125 e. The van der Waals surface area contributed by atoms with Crippen LogP contribution in [-0.2, 0) is 11.3 Å². The van der Waals surface area contributed by atoms with Crippen LogP contribution in [0.5, 0.6) is 5.75 Å². The van der Waals surface area contributed by atoms with Gasteiger partial charge in [-0.05, 0) is 30.1 Å². The molecule has 1 aromatic carbocycles. The Hall–Kier alpha value is -1.50. The Bertz CT molecular complexity index is 607. The van der Waals surface area contributed by atoms with Crippen molar-refractivity contribution in [2.45, 2.75) is 31.1 Å². The van der Waals surface area contributed by atoms with E-state index in [0.29, 0.717) is 6.61 Å². The predicted molar refractivity (Wildman–Crippen MR) is 84.0 cm³/mol. The highest BCUT2D eigenvalue weighted by Crippen LogP contribution is 2.37. The van der Waals surface area contributed by atoms with Crippen molar-refractivity contribution in [3.63, 3.8) is 0 Å². The number of hydrogen-bond donors (Lipinski definition) is 0. The zero-order valence-electron chi connectivity index (χ0n) is 12.4. The molecular weight excluding hydrogens is 298 g/mol. The second-order valence-electron chi connectivity index (χ2n) is 6.11. The minimum atomic E-state index is -0.0388. The van der Waals surface area contributed by atoms with Crippen LogP contribution in [0.2, 0.25) is 0 Å². The summed E-state index contributed by atoms with van der Waals surface area (Å²) in [5.41, 5.74) is 1.01.